The van der Waals surface area contributed by atoms with Gasteiger partial charge in [0.2, 0.25) is 0 Å². The van der Waals surface area contributed by atoms with Gasteiger partial charge in [-0.1, -0.05) is 24.3 Å². The van der Waals surface area contributed by atoms with Crippen molar-refractivity contribution in [2.75, 3.05) is 0 Å². The van der Waals surface area contributed by atoms with Gasteiger partial charge in [0.15, 0.2) is 5.96 Å². The summed E-state index contributed by atoms with van der Waals surface area (Å²) >= 11 is 1.71. The van der Waals surface area contributed by atoms with Gasteiger partial charge in [-0.25, -0.2) is 4.99 Å². The highest BCUT2D eigenvalue weighted by Gasteiger charge is 2.28. The van der Waals surface area contributed by atoms with Crippen LogP contribution in [0.3, 0.4) is 0 Å². The van der Waals surface area contributed by atoms with Crippen LogP contribution in [0.15, 0.2) is 51.7 Å². The van der Waals surface area contributed by atoms with Crippen molar-refractivity contribution in [2.45, 2.75) is 25.3 Å². The first-order chi connectivity index (χ1) is 10.3. The molecule has 1 aromatic heterocycles. The van der Waals surface area contributed by atoms with E-state index in [2.05, 4.69) is 51.4 Å². The van der Waals surface area contributed by atoms with Crippen LogP contribution in [0.4, 0.5) is 0 Å². The monoisotopic (exact) mass is 295 g/mol. The van der Waals surface area contributed by atoms with Gasteiger partial charge in [0.25, 0.3) is 0 Å². The van der Waals surface area contributed by atoms with Crippen molar-refractivity contribution in [1.82, 2.24) is 5.32 Å². The van der Waals surface area contributed by atoms with Crippen LogP contribution in [0, 0.1) is 0 Å². The molecule has 1 unspecified atom stereocenters. The molecule has 0 fully saturated rings. The predicted octanol–water partition coefficient (Wildman–Crippen LogP) is 3.45. The summed E-state index contributed by atoms with van der Waals surface area (Å²) < 4.78 is 0. The SMILES string of the molecule is NC1=NC(c2ccsc2)C2=C(N1)c1ccccc1CCC2. The van der Waals surface area contributed by atoms with E-state index in [-0.39, 0.29) is 6.04 Å². The van der Waals surface area contributed by atoms with Gasteiger partial charge in [-0.2, -0.15) is 11.3 Å². The number of nitrogens with one attached hydrogen (secondary N) is 1. The third kappa shape index (κ3) is 2.16. The van der Waals surface area contributed by atoms with Crippen LogP contribution >= 0.6 is 11.3 Å². The Morgan fingerprint density at radius 3 is 2.95 bits per heavy atom. The molecule has 0 bridgehead atoms. The van der Waals surface area contributed by atoms with Gasteiger partial charge in [-0.15, -0.1) is 0 Å². The van der Waals surface area contributed by atoms with Crippen LogP contribution in [0.2, 0.25) is 0 Å². The summed E-state index contributed by atoms with van der Waals surface area (Å²) in [5, 5.41) is 7.60. The third-order valence-corrected chi connectivity index (χ3v) is 4.91. The molecule has 1 aliphatic heterocycles. The quantitative estimate of drug-likeness (QED) is 0.846. The number of nitrogens with zero attached hydrogens (tertiary/aromatic N) is 1. The van der Waals surface area contributed by atoms with Gasteiger partial charge in [0, 0.05) is 5.56 Å². The first-order valence-electron chi connectivity index (χ1n) is 7.26. The lowest BCUT2D eigenvalue weighted by Crippen LogP contribution is -2.35. The molecular weight excluding hydrogens is 278 g/mol. The molecule has 1 aromatic carbocycles. The summed E-state index contributed by atoms with van der Waals surface area (Å²) in [5.41, 5.74) is 12.5. The van der Waals surface area contributed by atoms with Gasteiger partial charge < -0.3 is 11.1 Å². The summed E-state index contributed by atoms with van der Waals surface area (Å²) in [7, 11) is 0. The van der Waals surface area contributed by atoms with Gasteiger partial charge in [0.1, 0.15) is 6.04 Å². The molecule has 0 spiro atoms. The van der Waals surface area contributed by atoms with E-state index >= 15 is 0 Å². The zero-order valence-corrected chi connectivity index (χ0v) is 12.5. The largest absolute Gasteiger partial charge is 0.370 e. The number of aryl methyl sites for hydroxylation is 1. The number of hydrogen-bond donors (Lipinski definition) is 2. The molecule has 3 N–H and O–H groups in total. The molecule has 2 heterocycles. The summed E-state index contributed by atoms with van der Waals surface area (Å²) in [5.74, 6) is 0.515. The zero-order valence-electron chi connectivity index (χ0n) is 11.7. The Morgan fingerprint density at radius 1 is 1.19 bits per heavy atom. The number of benzene rings is 1. The van der Waals surface area contributed by atoms with Crippen LogP contribution in [-0.2, 0) is 6.42 Å². The van der Waals surface area contributed by atoms with E-state index in [0.717, 1.165) is 19.3 Å². The van der Waals surface area contributed by atoms with Crippen LogP contribution < -0.4 is 11.1 Å². The fourth-order valence-corrected chi connectivity index (χ4v) is 3.93. The Labute approximate surface area is 128 Å². The number of fused-ring (bicyclic) bond motifs is 2. The van der Waals surface area contributed by atoms with Crippen LogP contribution in [0.25, 0.3) is 5.70 Å². The molecule has 1 atom stereocenters. The second-order valence-electron chi connectivity index (χ2n) is 5.51. The smallest absolute Gasteiger partial charge is 0.194 e. The molecule has 21 heavy (non-hydrogen) atoms. The van der Waals surface area contributed by atoms with Crippen molar-refractivity contribution in [1.29, 1.82) is 0 Å². The highest BCUT2D eigenvalue weighted by molar-refractivity contribution is 7.08. The maximum absolute atomic E-state index is 6.05. The zero-order chi connectivity index (χ0) is 14.2. The maximum Gasteiger partial charge on any atom is 0.194 e. The maximum atomic E-state index is 6.05. The lowest BCUT2D eigenvalue weighted by Gasteiger charge is -2.26. The molecule has 2 aliphatic rings. The highest BCUT2D eigenvalue weighted by Crippen LogP contribution is 2.40. The van der Waals surface area contributed by atoms with Gasteiger partial charge >= 0.3 is 0 Å². The highest BCUT2D eigenvalue weighted by atomic mass is 32.1. The molecule has 0 saturated heterocycles. The molecule has 0 radical (unpaired) electrons. The second kappa shape index (κ2) is 5.04. The van der Waals surface area contributed by atoms with Crippen LogP contribution in [0.1, 0.15) is 35.6 Å². The average Bonchev–Trinajstić information content (AvgIpc) is 2.96. The lowest BCUT2D eigenvalue weighted by molar-refractivity contribution is 0.724. The van der Waals surface area contributed by atoms with E-state index in [0.29, 0.717) is 5.96 Å². The molecular formula is C17H17N3S. The average molecular weight is 295 g/mol. The van der Waals surface area contributed by atoms with E-state index in [1.54, 1.807) is 11.3 Å². The van der Waals surface area contributed by atoms with E-state index in [1.807, 2.05) is 0 Å². The van der Waals surface area contributed by atoms with Gasteiger partial charge in [-0.3, -0.25) is 0 Å². The minimum absolute atomic E-state index is 0.0682. The Hall–Kier alpha value is -2.07. The molecule has 106 valence electrons. The van der Waals surface area contributed by atoms with Crippen molar-refractivity contribution in [3.63, 3.8) is 0 Å². The molecule has 4 heteroatoms. The van der Waals surface area contributed by atoms with E-state index in [9.17, 15) is 0 Å². The van der Waals surface area contributed by atoms with Gasteiger partial charge in [0.05, 0.1) is 5.70 Å². The fourth-order valence-electron chi connectivity index (χ4n) is 3.25. The van der Waals surface area contributed by atoms with E-state index in [4.69, 9.17) is 5.73 Å². The van der Waals surface area contributed by atoms with Gasteiger partial charge in [-0.05, 0) is 52.8 Å². The molecule has 0 saturated carbocycles. The first kappa shape index (κ1) is 12.7. The normalized spacial score (nSPS) is 21.0. The Morgan fingerprint density at radius 2 is 2.10 bits per heavy atom. The fraction of sp³-hybridized carbons (Fsp3) is 0.235. The van der Waals surface area contributed by atoms with Crippen molar-refractivity contribution in [3.05, 3.63) is 63.4 Å². The number of nitrogens with two attached hydrogens (primary N) is 1. The number of guanidine groups is 1. The Kier molecular flexibility index (Phi) is 3.04. The number of aliphatic imine (C=N–C) groups is 1. The third-order valence-electron chi connectivity index (χ3n) is 4.21. The first-order valence-corrected chi connectivity index (χ1v) is 8.21. The van der Waals surface area contributed by atoms with Crippen molar-refractivity contribution in [2.24, 2.45) is 10.7 Å². The Bertz CT molecular complexity index is 728. The van der Waals surface area contributed by atoms with Crippen LogP contribution in [0.5, 0.6) is 0 Å². The summed E-state index contributed by atoms with van der Waals surface area (Å²) in [6.45, 7) is 0. The predicted molar refractivity (Wildman–Crippen MR) is 88.1 cm³/mol. The molecule has 4 rings (SSSR count). The molecule has 2 aromatic rings. The number of rotatable bonds is 1. The Balaban J connectivity index is 1.89. The summed E-state index contributed by atoms with van der Waals surface area (Å²) in [6.07, 6.45) is 3.34. The minimum atomic E-state index is 0.0682. The standard InChI is InChI=1S/C17H17N3S/c18-17-19-15(12-8-9-21-10-12)14-7-3-5-11-4-1-2-6-13(11)16(14)20-17/h1-2,4,6,8-10,15H,3,5,7H2,(H3,18,19,20). The van der Waals surface area contributed by atoms with Crippen LogP contribution in [-0.4, -0.2) is 5.96 Å². The number of hydrogen-bond acceptors (Lipinski definition) is 4. The van der Waals surface area contributed by atoms with Crippen molar-refractivity contribution < 1.29 is 0 Å². The summed E-state index contributed by atoms with van der Waals surface area (Å²) in [4.78, 5) is 4.66. The van der Waals surface area contributed by atoms with E-state index < -0.39 is 0 Å². The lowest BCUT2D eigenvalue weighted by atomic mass is 9.93. The molecule has 3 nitrogen and oxygen atoms in total. The number of thiophene rings is 1. The van der Waals surface area contributed by atoms with E-state index in [1.165, 1.54) is 28.0 Å². The second-order valence-corrected chi connectivity index (χ2v) is 6.29. The van der Waals surface area contributed by atoms with Crippen molar-refractivity contribution in [3.8, 4) is 0 Å². The van der Waals surface area contributed by atoms with Crippen molar-refractivity contribution >= 4 is 23.0 Å². The topological polar surface area (TPSA) is 50.4 Å². The summed E-state index contributed by atoms with van der Waals surface area (Å²) in [6, 6.07) is 10.8. The minimum Gasteiger partial charge on any atom is -0.370 e. The molecule has 0 amide bonds. The molecule has 1 aliphatic carbocycles.